The van der Waals surface area contributed by atoms with E-state index >= 15 is 0 Å². The van der Waals surface area contributed by atoms with Crippen LogP contribution < -0.4 is 5.32 Å². The van der Waals surface area contributed by atoms with E-state index in [9.17, 15) is 0 Å². The molecule has 1 atom stereocenters. The zero-order valence-corrected chi connectivity index (χ0v) is 13.8. The summed E-state index contributed by atoms with van der Waals surface area (Å²) >= 11 is 0. The highest BCUT2D eigenvalue weighted by Crippen LogP contribution is 2.24. The number of benzene rings is 1. The molecule has 3 heteroatoms. The fraction of sp³-hybridized carbons (Fsp3) is 0.667. The molecule has 118 valence electrons. The van der Waals surface area contributed by atoms with Crippen molar-refractivity contribution in [3.05, 3.63) is 35.4 Å². The number of aryl methyl sites for hydroxylation is 1. The lowest BCUT2D eigenvalue weighted by Crippen LogP contribution is -2.28. The molecule has 0 radical (unpaired) electrons. The second-order valence-corrected chi connectivity index (χ2v) is 6.67. The van der Waals surface area contributed by atoms with Crippen LogP contribution in [0.25, 0.3) is 0 Å². The highest BCUT2D eigenvalue weighted by atomic mass is 16.5. The van der Waals surface area contributed by atoms with Crippen molar-refractivity contribution < 1.29 is 9.47 Å². The van der Waals surface area contributed by atoms with E-state index in [-0.39, 0.29) is 11.7 Å². The summed E-state index contributed by atoms with van der Waals surface area (Å²) < 4.78 is 11.6. The SMILES string of the molecule is COC(C)(C)CCOC(CNC1CC1)c1cccc(C)c1. The van der Waals surface area contributed by atoms with Crippen molar-refractivity contribution in [1.29, 1.82) is 0 Å². The smallest absolute Gasteiger partial charge is 0.0949 e. The van der Waals surface area contributed by atoms with E-state index < -0.39 is 0 Å². The van der Waals surface area contributed by atoms with Gasteiger partial charge in [0, 0.05) is 19.7 Å². The summed E-state index contributed by atoms with van der Waals surface area (Å²) in [6.45, 7) is 7.93. The van der Waals surface area contributed by atoms with Crippen molar-refractivity contribution >= 4 is 0 Å². The first-order chi connectivity index (χ1) is 10.00. The lowest BCUT2D eigenvalue weighted by Gasteiger charge is -2.25. The van der Waals surface area contributed by atoms with Gasteiger partial charge in [-0.1, -0.05) is 29.8 Å². The minimum Gasteiger partial charge on any atom is -0.379 e. The van der Waals surface area contributed by atoms with Crippen LogP contribution in [0.15, 0.2) is 24.3 Å². The Kier molecular flexibility index (Phi) is 5.80. The van der Waals surface area contributed by atoms with Crippen molar-refractivity contribution in [2.75, 3.05) is 20.3 Å². The molecule has 0 heterocycles. The van der Waals surface area contributed by atoms with E-state index in [2.05, 4.69) is 50.4 Å². The maximum absolute atomic E-state index is 6.16. The third-order valence-electron chi connectivity index (χ3n) is 4.16. The normalized spacial score (nSPS) is 17.0. The van der Waals surface area contributed by atoms with Crippen molar-refractivity contribution in [2.45, 2.75) is 57.8 Å². The molecule has 1 unspecified atom stereocenters. The van der Waals surface area contributed by atoms with Crippen LogP contribution in [0.2, 0.25) is 0 Å². The fourth-order valence-electron chi connectivity index (χ4n) is 2.25. The summed E-state index contributed by atoms with van der Waals surface area (Å²) in [7, 11) is 1.76. The molecular weight excluding hydrogens is 262 g/mol. The van der Waals surface area contributed by atoms with Gasteiger partial charge in [-0.15, -0.1) is 0 Å². The Hall–Kier alpha value is -0.900. The molecule has 1 fully saturated rings. The summed E-state index contributed by atoms with van der Waals surface area (Å²) in [5.41, 5.74) is 2.42. The molecule has 0 saturated heterocycles. The van der Waals surface area contributed by atoms with Gasteiger partial charge < -0.3 is 14.8 Å². The van der Waals surface area contributed by atoms with Crippen molar-refractivity contribution in [2.24, 2.45) is 0 Å². The lowest BCUT2D eigenvalue weighted by atomic mass is 10.0. The van der Waals surface area contributed by atoms with Crippen molar-refractivity contribution in [3.8, 4) is 0 Å². The predicted molar refractivity (Wildman–Crippen MR) is 86.6 cm³/mol. The van der Waals surface area contributed by atoms with Crippen LogP contribution in [0.5, 0.6) is 0 Å². The molecule has 0 aromatic heterocycles. The molecule has 1 saturated carbocycles. The molecule has 3 nitrogen and oxygen atoms in total. The predicted octanol–water partition coefficient (Wildman–Crippen LogP) is 3.62. The number of rotatable bonds is 9. The Bertz CT molecular complexity index is 441. The first kappa shape index (κ1) is 16.5. The largest absolute Gasteiger partial charge is 0.379 e. The standard InChI is InChI=1S/C18H29NO2/c1-14-6-5-7-15(12-14)17(13-19-16-8-9-16)21-11-10-18(2,3)20-4/h5-7,12,16-17,19H,8-11,13H2,1-4H3. The first-order valence-electron chi connectivity index (χ1n) is 7.97. The average Bonchev–Trinajstić information content (AvgIpc) is 3.26. The third-order valence-corrected chi connectivity index (χ3v) is 4.16. The van der Waals surface area contributed by atoms with Gasteiger partial charge in [0.2, 0.25) is 0 Å². The van der Waals surface area contributed by atoms with Gasteiger partial charge >= 0.3 is 0 Å². The van der Waals surface area contributed by atoms with E-state index in [0.29, 0.717) is 12.6 Å². The van der Waals surface area contributed by atoms with Gasteiger partial charge in [-0.05, 0) is 45.6 Å². The van der Waals surface area contributed by atoms with Crippen molar-refractivity contribution in [1.82, 2.24) is 5.32 Å². The molecule has 0 spiro atoms. The highest BCUT2D eigenvalue weighted by Gasteiger charge is 2.23. The molecule has 2 rings (SSSR count). The summed E-state index contributed by atoms with van der Waals surface area (Å²) in [6.07, 6.45) is 3.63. The first-order valence-corrected chi connectivity index (χ1v) is 7.97. The third kappa shape index (κ3) is 5.77. The monoisotopic (exact) mass is 291 g/mol. The Balaban J connectivity index is 1.91. The molecule has 1 N–H and O–H groups in total. The maximum Gasteiger partial charge on any atom is 0.0949 e. The molecule has 1 aliphatic rings. The molecule has 1 aromatic rings. The number of hydrogen-bond acceptors (Lipinski definition) is 3. The Morgan fingerprint density at radius 2 is 2.10 bits per heavy atom. The van der Waals surface area contributed by atoms with Gasteiger partial charge in [-0.25, -0.2) is 0 Å². The maximum atomic E-state index is 6.16. The van der Waals surface area contributed by atoms with Crippen molar-refractivity contribution in [3.63, 3.8) is 0 Å². The minimum absolute atomic E-state index is 0.123. The van der Waals surface area contributed by atoms with Gasteiger partial charge in [-0.2, -0.15) is 0 Å². The molecule has 21 heavy (non-hydrogen) atoms. The van der Waals surface area contributed by atoms with Crippen LogP contribution in [0.1, 0.15) is 50.3 Å². The summed E-state index contributed by atoms with van der Waals surface area (Å²) in [5, 5.41) is 3.58. The number of nitrogens with one attached hydrogen (secondary N) is 1. The Morgan fingerprint density at radius 3 is 2.71 bits per heavy atom. The van der Waals surface area contributed by atoms with Crippen LogP contribution in [0.3, 0.4) is 0 Å². The zero-order valence-electron chi connectivity index (χ0n) is 13.8. The second kappa shape index (κ2) is 7.39. The highest BCUT2D eigenvalue weighted by molar-refractivity contribution is 5.24. The quantitative estimate of drug-likeness (QED) is 0.754. The van der Waals surface area contributed by atoms with Crippen LogP contribution in [-0.2, 0) is 9.47 Å². The second-order valence-electron chi connectivity index (χ2n) is 6.67. The molecule has 0 amide bonds. The minimum atomic E-state index is -0.124. The molecule has 0 aliphatic heterocycles. The van der Waals surface area contributed by atoms with E-state index in [1.54, 1.807) is 7.11 Å². The zero-order chi connectivity index (χ0) is 15.3. The van der Waals surface area contributed by atoms with E-state index in [1.165, 1.54) is 24.0 Å². The number of methoxy groups -OCH3 is 1. The van der Waals surface area contributed by atoms with E-state index in [0.717, 1.165) is 13.0 Å². The summed E-state index contributed by atoms with van der Waals surface area (Å²) in [6, 6.07) is 9.32. The fourth-order valence-corrected chi connectivity index (χ4v) is 2.25. The van der Waals surface area contributed by atoms with Gasteiger partial charge in [0.15, 0.2) is 0 Å². The van der Waals surface area contributed by atoms with Crippen LogP contribution in [0, 0.1) is 6.92 Å². The van der Waals surface area contributed by atoms with Crippen LogP contribution >= 0.6 is 0 Å². The Labute approximate surface area is 129 Å². The number of hydrogen-bond donors (Lipinski definition) is 1. The lowest BCUT2D eigenvalue weighted by molar-refractivity contribution is -0.0273. The number of ether oxygens (including phenoxy) is 2. The molecule has 0 bridgehead atoms. The van der Waals surface area contributed by atoms with Gasteiger partial charge in [0.25, 0.3) is 0 Å². The summed E-state index contributed by atoms with van der Waals surface area (Å²) in [4.78, 5) is 0. The van der Waals surface area contributed by atoms with Crippen LogP contribution in [0.4, 0.5) is 0 Å². The van der Waals surface area contributed by atoms with Gasteiger partial charge in [-0.3, -0.25) is 0 Å². The molecular formula is C18H29NO2. The molecule has 1 aromatic carbocycles. The van der Waals surface area contributed by atoms with Gasteiger partial charge in [0.05, 0.1) is 18.3 Å². The Morgan fingerprint density at radius 1 is 1.33 bits per heavy atom. The topological polar surface area (TPSA) is 30.5 Å². The van der Waals surface area contributed by atoms with E-state index in [1.807, 2.05) is 0 Å². The van der Waals surface area contributed by atoms with E-state index in [4.69, 9.17) is 9.47 Å². The summed E-state index contributed by atoms with van der Waals surface area (Å²) in [5.74, 6) is 0. The average molecular weight is 291 g/mol. The van der Waals surface area contributed by atoms with Crippen LogP contribution in [-0.4, -0.2) is 31.9 Å². The van der Waals surface area contributed by atoms with Gasteiger partial charge in [0.1, 0.15) is 0 Å². The molecule has 1 aliphatic carbocycles.